The highest BCUT2D eigenvalue weighted by Gasteiger charge is 2.27. The van der Waals surface area contributed by atoms with Gasteiger partial charge in [-0.2, -0.15) is 0 Å². The van der Waals surface area contributed by atoms with Crippen LogP contribution in [0.25, 0.3) is 15.9 Å². The molecule has 0 spiro atoms. The van der Waals surface area contributed by atoms with Crippen LogP contribution in [0.5, 0.6) is 0 Å². The summed E-state index contributed by atoms with van der Waals surface area (Å²) in [6, 6.07) is 9.88. The molecule has 0 aliphatic carbocycles. The second-order valence-electron chi connectivity index (χ2n) is 9.51. The average molecular weight is 560 g/mol. The number of carbonyl (C=O) groups is 2. The second-order valence-corrected chi connectivity index (χ2v) is 12.2. The fourth-order valence-electron chi connectivity index (χ4n) is 4.79. The lowest BCUT2D eigenvalue weighted by atomic mass is 10.0. The maximum Gasteiger partial charge on any atom is 0.340 e. The number of nitrogens with one attached hydrogen (secondary N) is 1. The van der Waals surface area contributed by atoms with Gasteiger partial charge in [-0.1, -0.05) is 17.7 Å². The Hall–Kier alpha value is -2.53. The van der Waals surface area contributed by atoms with Gasteiger partial charge in [0.1, 0.15) is 5.52 Å². The number of carbonyl (C=O) groups excluding carboxylic acids is 2. The van der Waals surface area contributed by atoms with Crippen molar-refractivity contribution >= 4 is 62.5 Å². The molecule has 2 aromatic heterocycles. The van der Waals surface area contributed by atoms with E-state index in [9.17, 15) is 9.59 Å². The number of piperidine rings is 1. The van der Waals surface area contributed by atoms with Gasteiger partial charge in [0.25, 0.3) is 5.91 Å². The highest BCUT2D eigenvalue weighted by atomic mass is 35.5. The number of likely N-dealkylation sites (tertiary alicyclic amines) is 1. The van der Waals surface area contributed by atoms with Crippen molar-refractivity contribution in [1.29, 1.82) is 0 Å². The number of hydrogen-bond acceptors (Lipinski definition) is 8. The summed E-state index contributed by atoms with van der Waals surface area (Å²) < 4.78 is 7.62. The van der Waals surface area contributed by atoms with Gasteiger partial charge in [-0.25, -0.2) is 9.78 Å². The molecule has 0 saturated carbocycles. The number of aromatic nitrogens is 2. The molecule has 2 aliphatic heterocycles. The molecule has 1 fully saturated rings. The van der Waals surface area contributed by atoms with Gasteiger partial charge in [-0.15, -0.1) is 23.1 Å². The van der Waals surface area contributed by atoms with E-state index in [4.69, 9.17) is 16.3 Å². The molecule has 0 bridgehead atoms. The van der Waals surface area contributed by atoms with Crippen molar-refractivity contribution in [3.63, 3.8) is 0 Å². The number of hydrogen-bond donors (Lipinski definition) is 1. The number of fused-ring (bicyclic) bond motifs is 1. The van der Waals surface area contributed by atoms with Crippen LogP contribution in [0.1, 0.15) is 52.5 Å². The summed E-state index contributed by atoms with van der Waals surface area (Å²) in [4.78, 5) is 37.5. The largest absolute Gasteiger partial charge is 0.465 e. The highest BCUT2D eigenvalue weighted by Crippen LogP contribution is 2.39. The van der Waals surface area contributed by atoms with E-state index >= 15 is 0 Å². The van der Waals surface area contributed by atoms with E-state index in [-0.39, 0.29) is 11.9 Å². The minimum atomic E-state index is -0.475. The number of ether oxygens (including phenoxy) is 1. The third-order valence-electron chi connectivity index (χ3n) is 6.81. The summed E-state index contributed by atoms with van der Waals surface area (Å²) in [5, 5.41) is 3.20. The standard InChI is InChI=1S/C26H30ClN5O3S2/c1-16(2)31-11-9-17(10-12-31)28-25(33)24-29-23-18(26(34)35-3)5-4-6-19(23)32(24)14-30-13-21(36-15-30)20-7-8-22(27)37-20/h4-8,13,16-17H,9-12,14-15H2,1-3H3,(H,28,33). The van der Waals surface area contributed by atoms with Gasteiger partial charge in [-0.3, -0.25) is 4.79 Å². The van der Waals surface area contributed by atoms with Crippen LogP contribution < -0.4 is 5.32 Å². The monoisotopic (exact) mass is 559 g/mol. The Morgan fingerprint density at radius 2 is 2.00 bits per heavy atom. The normalized spacial score (nSPS) is 17.0. The van der Waals surface area contributed by atoms with Crippen molar-refractivity contribution in [1.82, 2.24) is 24.7 Å². The molecular formula is C26H30ClN5O3S2. The summed E-state index contributed by atoms with van der Waals surface area (Å²) in [5.74, 6) is 0.326. The number of nitrogens with zero attached hydrogens (tertiary/aromatic N) is 4. The topological polar surface area (TPSA) is 79.7 Å². The molecule has 1 saturated heterocycles. The summed E-state index contributed by atoms with van der Waals surface area (Å²) >= 11 is 9.41. The number of para-hydroxylation sites is 1. The zero-order chi connectivity index (χ0) is 26.1. The number of methoxy groups -OCH3 is 1. The van der Waals surface area contributed by atoms with E-state index < -0.39 is 5.97 Å². The number of thioether (sulfide) groups is 1. The Morgan fingerprint density at radius 1 is 1.22 bits per heavy atom. The minimum absolute atomic E-state index is 0.0910. The van der Waals surface area contributed by atoms with Crippen molar-refractivity contribution in [2.24, 2.45) is 0 Å². The smallest absolute Gasteiger partial charge is 0.340 e. The van der Waals surface area contributed by atoms with Crippen molar-refractivity contribution in [2.45, 2.75) is 45.4 Å². The van der Waals surface area contributed by atoms with E-state index in [0.717, 1.165) is 45.9 Å². The molecule has 1 N–H and O–H groups in total. The molecule has 4 heterocycles. The molecule has 0 unspecified atom stereocenters. The third-order valence-corrected chi connectivity index (χ3v) is 9.30. The predicted molar refractivity (Wildman–Crippen MR) is 150 cm³/mol. The number of benzene rings is 1. The maximum atomic E-state index is 13.6. The fourth-order valence-corrected chi connectivity index (χ4v) is 6.93. The van der Waals surface area contributed by atoms with E-state index in [1.807, 2.05) is 22.8 Å². The summed E-state index contributed by atoms with van der Waals surface area (Å²) in [6.45, 7) is 6.73. The minimum Gasteiger partial charge on any atom is -0.465 e. The zero-order valence-electron chi connectivity index (χ0n) is 21.1. The van der Waals surface area contributed by atoms with Crippen LogP contribution in [-0.2, 0) is 11.4 Å². The van der Waals surface area contributed by atoms with Crippen LogP contribution >= 0.6 is 34.7 Å². The van der Waals surface area contributed by atoms with E-state index in [2.05, 4.69) is 40.1 Å². The van der Waals surface area contributed by atoms with Gasteiger partial charge >= 0.3 is 5.97 Å². The van der Waals surface area contributed by atoms with Gasteiger partial charge in [-0.05, 0) is 51.0 Å². The van der Waals surface area contributed by atoms with Crippen LogP contribution in [0.4, 0.5) is 0 Å². The molecule has 8 nitrogen and oxygen atoms in total. The van der Waals surface area contributed by atoms with Gasteiger partial charge < -0.3 is 24.4 Å². The van der Waals surface area contributed by atoms with Crippen molar-refractivity contribution < 1.29 is 14.3 Å². The van der Waals surface area contributed by atoms with Crippen LogP contribution in [0.15, 0.2) is 36.5 Å². The summed E-state index contributed by atoms with van der Waals surface area (Å²) in [7, 11) is 1.35. The van der Waals surface area contributed by atoms with Gasteiger partial charge in [0.2, 0.25) is 5.82 Å². The Morgan fingerprint density at radius 3 is 2.68 bits per heavy atom. The quantitative estimate of drug-likeness (QED) is 0.403. The zero-order valence-corrected chi connectivity index (χ0v) is 23.5. The van der Waals surface area contributed by atoms with Crippen molar-refractivity contribution in [2.75, 3.05) is 26.1 Å². The molecule has 2 aliphatic rings. The SMILES string of the molecule is COC(=O)c1cccc2c1nc(C(=O)NC1CCN(C(C)C)CC1)n2CN1C=C(c2ccc(Cl)s2)SC1. The maximum absolute atomic E-state index is 13.6. The summed E-state index contributed by atoms with van der Waals surface area (Å²) in [6.07, 6.45) is 3.89. The lowest BCUT2D eigenvalue weighted by molar-refractivity contribution is 0.0602. The first kappa shape index (κ1) is 26.1. The summed E-state index contributed by atoms with van der Waals surface area (Å²) in [5.41, 5.74) is 1.53. The number of halogens is 1. The first-order valence-electron chi connectivity index (χ1n) is 12.3. The first-order valence-corrected chi connectivity index (χ1v) is 14.5. The van der Waals surface area contributed by atoms with Crippen LogP contribution in [0, 0.1) is 0 Å². The highest BCUT2D eigenvalue weighted by molar-refractivity contribution is 8.08. The molecule has 5 rings (SSSR count). The predicted octanol–water partition coefficient (Wildman–Crippen LogP) is 5.10. The molecule has 0 radical (unpaired) electrons. The Balaban J connectivity index is 1.44. The third kappa shape index (κ3) is 5.52. The molecule has 3 aromatic rings. The number of esters is 1. The first-order chi connectivity index (χ1) is 17.8. The average Bonchev–Trinajstić information content (AvgIpc) is 3.63. The number of amides is 1. The number of imidazole rings is 1. The molecule has 1 amide bonds. The lowest BCUT2D eigenvalue weighted by Crippen LogP contribution is -2.47. The molecule has 0 atom stereocenters. The Labute approximate surface area is 229 Å². The van der Waals surface area contributed by atoms with Gasteiger partial charge in [0.05, 0.1) is 35.1 Å². The second kappa shape index (κ2) is 11.1. The Bertz CT molecular complexity index is 1340. The Kier molecular flexibility index (Phi) is 7.80. The van der Waals surface area contributed by atoms with E-state index in [1.165, 1.54) is 7.11 Å². The number of thiophene rings is 1. The van der Waals surface area contributed by atoms with E-state index in [1.54, 1.807) is 35.2 Å². The fraction of sp³-hybridized carbons (Fsp3) is 0.423. The van der Waals surface area contributed by atoms with Gasteiger partial charge in [0.15, 0.2) is 0 Å². The van der Waals surface area contributed by atoms with Crippen LogP contribution in [-0.4, -0.2) is 69.4 Å². The molecule has 37 heavy (non-hydrogen) atoms. The van der Waals surface area contributed by atoms with Crippen LogP contribution in [0.3, 0.4) is 0 Å². The molecule has 196 valence electrons. The van der Waals surface area contributed by atoms with Crippen molar-refractivity contribution in [3.05, 3.63) is 57.1 Å². The van der Waals surface area contributed by atoms with E-state index in [0.29, 0.717) is 35.1 Å². The van der Waals surface area contributed by atoms with Crippen molar-refractivity contribution in [3.8, 4) is 0 Å². The molecular weight excluding hydrogens is 530 g/mol. The molecule has 11 heteroatoms. The van der Waals surface area contributed by atoms with Crippen LogP contribution in [0.2, 0.25) is 4.34 Å². The lowest BCUT2D eigenvalue weighted by Gasteiger charge is -2.34. The molecule has 1 aromatic carbocycles. The van der Waals surface area contributed by atoms with Gasteiger partial charge in [0, 0.05) is 41.2 Å². The number of rotatable bonds is 7.